The van der Waals surface area contributed by atoms with E-state index in [2.05, 4.69) is 32.4 Å². The Morgan fingerprint density at radius 2 is 1.75 bits per heavy atom. The maximum atomic E-state index is 13.0. The van der Waals surface area contributed by atoms with Gasteiger partial charge in [-0.25, -0.2) is 0 Å². The molecule has 1 aliphatic rings. The first kappa shape index (κ1) is 22.2. The van der Waals surface area contributed by atoms with Crippen molar-refractivity contribution in [1.29, 1.82) is 0 Å². The van der Waals surface area contributed by atoms with Crippen LogP contribution in [0.5, 0.6) is 0 Å². The molecule has 32 heavy (non-hydrogen) atoms. The van der Waals surface area contributed by atoms with Crippen LogP contribution < -0.4 is 9.80 Å². The van der Waals surface area contributed by atoms with Crippen molar-refractivity contribution in [2.75, 3.05) is 49.1 Å². The molecule has 8 heteroatoms. The molecule has 0 N–H and O–H groups in total. The highest BCUT2D eigenvalue weighted by Gasteiger charge is 2.26. The predicted octanol–water partition coefficient (Wildman–Crippen LogP) is 3.40. The lowest BCUT2D eigenvalue weighted by atomic mass is 10.2. The Morgan fingerprint density at radius 1 is 1.06 bits per heavy atom. The minimum absolute atomic E-state index is 0.209. The summed E-state index contributed by atoms with van der Waals surface area (Å²) in [6.07, 6.45) is -0.817. The van der Waals surface area contributed by atoms with Gasteiger partial charge in [-0.3, -0.25) is 14.5 Å². The second-order valence-electron chi connectivity index (χ2n) is 7.91. The third-order valence-corrected chi connectivity index (χ3v) is 6.51. The van der Waals surface area contributed by atoms with Crippen molar-refractivity contribution in [3.05, 3.63) is 54.6 Å². The molecule has 1 atom stereocenters. The third-order valence-electron chi connectivity index (χ3n) is 5.69. The van der Waals surface area contributed by atoms with Gasteiger partial charge in [0.25, 0.3) is 5.91 Å². The SMILES string of the molecule is CC(=O)OC(C)C(=O)N(CCN1CCN(c2nsc3ccccc23)CC1)c1ccccc1. The molecule has 4 rings (SSSR count). The minimum atomic E-state index is -0.817. The van der Waals surface area contributed by atoms with Crippen LogP contribution in [0.1, 0.15) is 13.8 Å². The number of aromatic nitrogens is 1. The first-order valence-corrected chi connectivity index (χ1v) is 11.7. The van der Waals surface area contributed by atoms with E-state index in [1.807, 2.05) is 36.4 Å². The Bertz CT molecular complexity index is 1060. The largest absolute Gasteiger partial charge is 0.453 e. The lowest BCUT2D eigenvalue weighted by Gasteiger charge is -2.36. The molecule has 7 nitrogen and oxygen atoms in total. The fraction of sp³-hybridized carbons (Fsp3) is 0.375. The van der Waals surface area contributed by atoms with E-state index in [0.29, 0.717) is 6.54 Å². The zero-order chi connectivity index (χ0) is 22.5. The van der Waals surface area contributed by atoms with Gasteiger partial charge >= 0.3 is 5.97 Å². The van der Waals surface area contributed by atoms with Gasteiger partial charge in [-0.15, -0.1) is 0 Å². The van der Waals surface area contributed by atoms with Crippen molar-refractivity contribution in [2.24, 2.45) is 0 Å². The highest BCUT2D eigenvalue weighted by atomic mass is 32.1. The first-order valence-electron chi connectivity index (χ1n) is 10.9. The standard InChI is InChI=1S/C24H28N4O3S/c1-18(31-19(2)29)24(30)28(20-8-4-3-5-9-20)17-14-26-12-15-27(16-13-26)23-21-10-6-7-11-22(21)32-25-23/h3-11,18H,12-17H2,1-2H3. The van der Waals surface area contributed by atoms with E-state index in [-0.39, 0.29) is 5.91 Å². The predicted molar refractivity (Wildman–Crippen MR) is 128 cm³/mol. The number of hydrogen-bond donors (Lipinski definition) is 0. The lowest BCUT2D eigenvalue weighted by molar-refractivity contribution is -0.151. The highest BCUT2D eigenvalue weighted by Crippen LogP contribution is 2.29. The van der Waals surface area contributed by atoms with E-state index in [4.69, 9.17) is 4.74 Å². The number of ether oxygens (including phenoxy) is 1. The summed E-state index contributed by atoms with van der Waals surface area (Å²) in [4.78, 5) is 30.7. The number of para-hydroxylation sites is 1. The van der Waals surface area contributed by atoms with Crippen LogP contribution in [0, 0.1) is 0 Å². The van der Waals surface area contributed by atoms with Crippen LogP contribution in [-0.4, -0.2) is 66.5 Å². The molecule has 1 amide bonds. The number of benzene rings is 2. The van der Waals surface area contributed by atoms with Crippen LogP contribution in [0.15, 0.2) is 54.6 Å². The fourth-order valence-corrected chi connectivity index (χ4v) is 4.81. The summed E-state index contributed by atoms with van der Waals surface area (Å²) in [6, 6.07) is 17.9. The Kier molecular flexibility index (Phi) is 7.02. The number of anilines is 2. The number of piperazine rings is 1. The van der Waals surface area contributed by atoms with Gasteiger partial charge in [-0.05, 0) is 42.7 Å². The summed E-state index contributed by atoms with van der Waals surface area (Å²) in [7, 11) is 0. The number of rotatable bonds is 7. The maximum Gasteiger partial charge on any atom is 0.303 e. The normalized spacial score (nSPS) is 15.5. The number of carbonyl (C=O) groups is 2. The molecule has 1 aliphatic heterocycles. The molecule has 0 bridgehead atoms. The lowest BCUT2D eigenvalue weighted by Crippen LogP contribution is -2.50. The number of fused-ring (bicyclic) bond motifs is 1. The van der Waals surface area contributed by atoms with E-state index >= 15 is 0 Å². The Morgan fingerprint density at radius 3 is 2.47 bits per heavy atom. The number of nitrogens with zero attached hydrogens (tertiary/aromatic N) is 4. The average molecular weight is 453 g/mol. The Labute approximate surface area is 192 Å². The number of hydrogen-bond acceptors (Lipinski definition) is 7. The van der Waals surface area contributed by atoms with E-state index in [1.165, 1.54) is 17.0 Å². The van der Waals surface area contributed by atoms with Gasteiger partial charge in [0.15, 0.2) is 6.10 Å². The molecule has 2 heterocycles. The summed E-state index contributed by atoms with van der Waals surface area (Å²) in [5.74, 6) is 0.407. The van der Waals surface area contributed by atoms with Gasteiger partial charge in [0, 0.05) is 57.3 Å². The highest BCUT2D eigenvalue weighted by molar-refractivity contribution is 7.13. The van der Waals surface area contributed by atoms with E-state index in [0.717, 1.165) is 44.2 Å². The molecular weight excluding hydrogens is 424 g/mol. The number of esters is 1. The van der Waals surface area contributed by atoms with Crippen molar-refractivity contribution in [1.82, 2.24) is 9.27 Å². The number of carbonyl (C=O) groups excluding carboxylic acids is 2. The second kappa shape index (κ2) is 10.1. The van der Waals surface area contributed by atoms with Gasteiger partial charge in [0.05, 0.1) is 4.70 Å². The van der Waals surface area contributed by atoms with E-state index in [1.54, 1.807) is 23.4 Å². The summed E-state index contributed by atoms with van der Waals surface area (Å²) < 4.78 is 11.0. The van der Waals surface area contributed by atoms with Gasteiger partial charge in [0.1, 0.15) is 5.82 Å². The van der Waals surface area contributed by atoms with E-state index < -0.39 is 12.1 Å². The molecule has 0 aliphatic carbocycles. The molecule has 1 saturated heterocycles. The van der Waals surface area contributed by atoms with Crippen molar-refractivity contribution in [3.8, 4) is 0 Å². The van der Waals surface area contributed by atoms with Crippen LogP contribution in [0.25, 0.3) is 10.1 Å². The first-order chi connectivity index (χ1) is 15.5. The molecule has 2 aromatic carbocycles. The van der Waals surface area contributed by atoms with Crippen molar-refractivity contribution in [2.45, 2.75) is 20.0 Å². The zero-order valence-corrected chi connectivity index (χ0v) is 19.3. The Hall–Kier alpha value is -2.97. The third kappa shape index (κ3) is 5.08. The monoisotopic (exact) mass is 452 g/mol. The van der Waals surface area contributed by atoms with Gasteiger partial charge in [-0.1, -0.05) is 30.3 Å². The van der Waals surface area contributed by atoms with E-state index in [9.17, 15) is 9.59 Å². The molecule has 0 saturated carbocycles. The van der Waals surface area contributed by atoms with Crippen LogP contribution in [0.4, 0.5) is 11.5 Å². The topological polar surface area (TPSA) is 66.0 Å². The van der Waals surface area contributed by atoms with Crippen molar-refractivity contribution < 1.29 is 14.3 Å². The van der Waals surface area contributed by atoms with Gasteiger partial charge in [0.2, 0.25) is 0 Å². The maximum absolute atomic E-state index is 13.0. The van der Waals surface area contributed by atoms with Crippen LogP contribution in [0.2, 0.25) is 0 Å². The smallest absolute Gasteiger partial charge is 0.303 e. The zero-order valence-electron chi connectivity index (χ0n) is 18.4. The molecule has 3 aromatic rings. The number of amides is 1. The van der Waals surface area contributed by atoms with Crippen molar-refractivity contribution in [3.63, 3.8) is 0 Å². The summed E-state index contributed by atoms with van der Waals surface area (Å²) in [5.41, 5.74) is 0.809. The van der Waals surface area contributed by atoms with Crippen LogP contribution in [-0.2, 0) is 14.3 Å². The van der Waals surface area contributed by atoms with Crippen LogP contribution in [0.3, 0.4) is 0 Å². The molecule has 0 spiro atoms. The fourth-order valence-electron chi connectivity index (χ4n) is 4.02. The molecule has 1 unspecified atom stereocenters. The molecular formula is C24H28N4O3S. The van der Waals surface area contributed by atoms with Gasteiger partial charge in [-0.2, -0.15) is 4.37 Å². The molecule has 1 aromatic heterocycles. The summed E-state index contributed by atoms with van der Waals surface area (Å²) in [6.45, 7) is 7.84. The summed E-state index contributed by atoms with van der Waals surface area (Å²) >= 11 is 1.54. The summed E-state index contributed by atoms with van der Waals surface area (Å²) in [5, 5.41) is 1.21. The minimum Gasteiger partial charge on any atom is -0.453 e. The Balaban J connectivity index is 1.37. The van der Waals surface area contributed by atoms with Gasteiger partial charge < -0.3 is 14.5 Å². The van der Waals surface area contributed by atoms with Crippen LogP contribution >= 0.6 is 11.5 Å². The molecule has 1 fully saturated rings. The molecule has 0 radical (unpaired) electrons. The van der Waals surface area contributed by atoms with Crippen molar-refractivity contribution >= 4 is 45.0 Å². The quantitative estimate of drug-likeness (QED) is 0.512. The molecule has 168 valence electrons. The average Bonchev–Trinajstić information content (AvgIpc) is 3.24. The second-order valence-corrected chi connectivity index (χ2v) is 8.71.